The SMILES string of the molecule is CCCCCCCC/C=C\CCCCCCCC(O)CCOC(=O)CC/C=C/CCCCCCCCCCCCCCC. The second-order valence-corrected chi connectivity index (χ2v) is 13.1. The third-order valence-corrected chi connectivity index (χ3v) is 8.67. The maximum atomic E-state index is 11.9. The molecule has 0 heterocycles. The Morgan fingerprint density at radius 2 is 0.837 bits per heavy atom. The fourth-order valence-corrected chi connectivity index (χ4v) is 5.69. The number of rotatable bonds is 35. The lowest BCUT2D eigenvalue weighted by Gasteiger charge is -2.10. The summed E-state index contributed by atoms with van der Waals surface area (Å²) in [4.78, 5) is 11.9. The highest BCUT2D eigenvalue weighted by molar-refractivity contribution is 5.69. The molecule has 0 saturated heterocycles. The average molecular weight is 605 g/mol. The van der Waals surface area contributed by atoms with Crippen molar-refractivity contribution in [1.29, 1.82) is 0 Å². The number of aliphatic hydroxyl groups excluding tert-OH is 1. The van der Waals surface area contributed by atoms with Gasteiger partial charge in [-0.1, -0.05) is 173 Å². The summed E-state index contributed by atoms with van der Waals surface area (Å²) in [7, 11) is 0. The Hall–Kier alpha value is -1.09. The smallest absolute Gasteiger partial charge is 0.306 e. The summed E-state index contributed by atoms with van der Waals surface area (Å²) in [6, 6.07) is 0. The molecule has 0 aliphatic carbocycles. The molecule has 1 atom stereocenters. The molecule has 0 aliphatic heterocycles. The van der Waals surface area contributed by atoms with Gasteiger partial charge in [-0.25, -0.2) is 0 Å². The molecule has 0 fully saturated rings. The van der Waals surface area contributed by atoms with E-state index in [1.54, 1.807) is 0 Å². The third-order valence-electron chi connectivity index (χ3n) is 8.67. The minimum absolute atomic E-state index is 0.140. The van der Waals surface area contributed by atoms with Crippen LogP contribution >= 0.6 is 0 Å². The molecule has 0 aromatic heterocycles. The van der Waals surface area contributed by atoms with Gasteiger partial charge in [-0.05, 0) is 51.4 Å². The van der Waals surface area contributed by atoms with Gasteiger partial charge in [0.1, 0.15) is 0 Å². The molecule has 0 rings (SSSR count). The minimum atomic E-state index is -0.349. The van der Waals surface area contributed by atoms with Crippen molar-refractivity contribution in [3.8, 4) is 0 Å². The summed E-state index contributed by atoms with van der Waals surface area (Å²) < 4.78 is 5.33. The van der Waals surface area contributed by atoms with Gasteiger partial charge in [0.25, 0.3) is 0 Å². The van der Waals surface area contributed by atoms with Crippen LogP contribution in [0.25, 0.3) is 0 Å². The summed E-state index contributed by atoms with van der Waals surface area (Å²) >= 11 is 0. The molecular formula is C40H76O3. The number of aliphatic hydroxyl groups is 1. The van der Waals surface area contributed by atoms with E-state index in [0.717, 1.165) is 25.7 Å². The van der Waals surface area contributed by atoms with Gasteiger partial charge in [0, 0.05) is 12.8 Å². The van der Waals surface area contributed by atoms with E-state index in [1.165, 1.54) is 161 Å². The van der Waals surface area contributed by atoms with E-state index >= 15 is 0 Å². The molecule has 0 amide bonds. The molecule has 3 nitrogen and oxygen atoms in total. The van der Waals surface area contributed by atoms with Crippen molar-refractivity contribution in [3.05, 3.63) is 24.3 Å². The van der Waals surface area contributed by atoms with E-state index in [2.05, 4.69) is 38.2 Å². The fourth-order valence-electron chi connectivity index (χ4n) is 5.69. The summed E-state index contributed by atoms with van der Waals surface area (Å²) in [5, 5.41) is 10.2. The summed E-state index contributed by atoms with van der Waals surface area (Å²) in [6.07, 6.45) is 47.3. The number of ether oxygens (including phenoxy) is 1. The molecule has 0 radical (unpaired) electrons. The molecule has 3 heteroatoms. The Bertz CT molecular complexity index is 597. The zero-order valence-corrected chi connectivity index (χ0v) is 29.3. The van der Waals surface area contributed by atoms with Crippen LogP contribution in [0.2, 0.25) is 0 Å². The predicted molar refractivity (Wildman–Crippen MR) is 190 cm³/mol. The second kappa shape index (κ2) is 37.1. The van der Waals surface area contributed by atoms with Gasteiger partial charge < -0.3 is 9.84 Å². The second-order valence-electron chi connectivity index (χ2n) is 13.1. The number of allylic oxidation sites excluding steroid dienone is 4. The van der Waals surface area contributed by atoms with E-state index in [4.69, 9.17) is 4.74 Å². The Balaban J connectivity index is 3.35. The first-order chi connectivity index (χ1) is 21.2. The number of esters is 1. The summed E-state index contributed by atoms with van der Waals surface area (Å²) in [5.41, 5.74) is 0. The fraction of sp³-hybridized carbons (Fsp3) is 0.875. The van der Waals surface area contributed by atoms with Crippen molar-refractivity contribution in [2.45, 2.75) is 219 Å². The first kappa shape index (κ1) is 41.9. The summed E-state index contributed by atoms with van der Waals surface area (Å²) in [5.74, 6) is -0.140. The molecule has 1 unspecified atom stereocenters. The van der Waals surface area contributed by atoms with E-state index in [-0.39, 0.29) is 12.1 Å². The van der Waals surface area contributed by atoms with Crippen molar-refractivity contribution >= 4 is 5.97 Å². The van der Waals surface area contributed by atoms with Crippen molar-refractivity contribution in [2.24, 2.45) is 0 Å². The van der Waals surface area contributed by atoms with E-state index < -0.39 is 0 Å². The normalized spacial score (nSPS) is 12.5. The van der Waals surface area contributed by atoms with Gasteiger partial charge in [-0.3, -0.25) is 4.79 Å². The quantitative estimate of drug-likeness (QED) is 0.0444. The highest BCUT2D eigenvalue weighted by Crippen LogP contribution is 2.14. The molecule has 43 heavy (non-hydrogen) atoms. The molecule has 0 spiro atoms. The van der Waals surface area contributed by atoms with Crippen LogP contribution in [-0.2, 0) is 9.53 Å². The van der Waals surface area contributed by atoms with Crippen LogP contribution < -0.4 is 0 Å². The number of hydrogen-bond acceptors (Lipinski definition) is 3. The standard InChI is InChI=1S/C40H76O3/c1-3-5-7-9-11-13-15-17-19-20-22-24-26-28-30-32-34-36-40(42)43-38-37-39(41)35-33-31-29-27-25-23-21-18-16-14-12-10-8-6-4-2/h18,21,30,32,39,41H,3-17,19-20,22-29,31,33-38H2,1-2H3/b21-18-,32-30+. The Morgan fingerprint density at radius 3 is 1.26 bits per heavy atom. The van der Waals surface area contributed by atoms with Gasteiger partial charge in [0.2, 0.25) is 0 Å². The van der Waals surface area contributed by atoms with Gasteiger partial charge in [-0.15, -0.1) is 0 Å². The molecule has 0 aliphatic rings. The first-order valence-corrected chi connectivity index (χ1v) is 19.3. The van der Waals surface area contributed by atoms with Crippen molar-refractivity contribution in [2.75, 3.05) is 6.61 Å². The number of unbranched alkanes of at least 4 members (excludes halogenated alkanes) is 24. The first-order valence-electron chi connectivity index (χ1n) is 19.3. The zero-order valence-electron chi connectivity index (χ0n) is 29.3. The largest absolute Gasteiger partial charge is 0.466 e. The van der Waals surface area contributed by atoms with Gasteiger partial charge in [-0.2, -0.15) is 0 Å². The van der Waals surface area contributed by atoms with Crippen LogP contribution in [0.1, 0.15) is 213 Å². The van der Waals surface area contributed by atoms with Crippen LogP contribution in [0.5, 0.6) is 0 Å². The monoisotopic (exact) mass is 605 g/mol. The topological polar surface area (TPSA) is 46.5 Å². The molecule has 254 valence electrons. The van der Waals surface area contributed by atoms with E-state index in [1.807, 2.05) is 0 Å². The zero-order chi connectivity index (χ0) is 31.3. The van der Waals surface area contributed by atoms with Crippen molar-refractivity contribution < 1.29 is 14.6 Å². The van der Waals surface area contributed by atoms with Crippen LogP contribution in [0.15, 0.2) is 24.3 Å². The van der Waals surface area contributed by atoms with Crippen molar-refractivity contribution in [1.82, 2.24) is 0 Å². The van der Waals surface area contributed by atoms with Crippen molar-refractivity contribution in [3.63, 3.8) is 0 Å². The lowest BCUT2D eigenvalue weighted by Crippen LogP contribution is -2.13. The van der Waals surface area contributed by atoms with E-state index in [9.17, 15) is 9.90 Å². The van der Waals surface area contributed by atoms with Crippen LogP contribution in [-0.4, -0.2) is 23.8 Å². The van der Waals surface area contributed by atoms with Gasteiger partial charge in [0.05, 0.1) is 12.7 Å². The average Bonchev–Trinajstić information content (AvgIpc) is 3.00. The third kappa shape index (κ3) is 37.0. The predicted octanol–water partition coefficient (Wildman–Crippen LogP) is 13.1. The van der Waals surface area contributed by atoms with Crippen LogP contribution in [0, 0.1) is 0 Å². The number of carbonyl (C=O) groups excluding carboxylic acids is 1. The maximum Gasteiger partial charge on any atom is 0.306 e. The highest BCUT2D eigenvalue weighted by Gasteiger charge is 2.07. The molecule has 0 aromatic carbocycles. The molecule has 0 saturated carbocycles. The Labute approximate surface area is 270 Å². The molecule has 0 aromatic rings. The summed E-state index contributed by atoms with van der Waals surface area (Å²) in [6.45, 7) is 4.90. The minimum Gasteiger partial charge on any atom is -0.466 e. The number of carbonyl (C=O) groups is 1. The lowest BCUT2D eigenvalue weighted by molar-refractivity contribution is -0.144. The molecular weight excluding hydrogens is 528 g/mol. The van der Waals surface area contributed by atoms with E-state index in [0.29, 0.717) is 19.4 Å². The maximum absolute atomic E-state index is 11.9. The highest BCUT2D eigenvalue weighted by atomic mass is 16.5. The van der Waals surface area contributed by atoms with Crippen LogP contribution in [0.4, 0.5) is 0 Å². The van der Waals surface area contributed by atoms with Crippen LogP contribution in [0.3, 0.4) is 0 Å². The van der Waals surface area contributed by atoms with Gasteiger partial charge >= 0.3 is 5.97 Å². The van der Waals surface area contributed by atoms with Gasteiger partial charge in [0.15, 0.2) is 0 Å². The molecule has 0 bridgehead atoms. The molecule has 1 N–H and O–H groups in total. The lowest BCUT2D eigenvalue weighted by atomic mass is 10.0. The Morgan fingerprint density at radius 1 is 0.488 bits per heavy atom. The number of hydrogen-bond donors (Lipinski definition) is 1. The Kier molecular flexibility index (Phi) is 36.2.